The number of carbonyl (C=O) groups is 1. The van der Waals surface area contributed by atoms with Crippen LogP contribution in [-0.2, 0) is 10.4 Å². The highest BCUT2D eigenvalue weighted by molar-refractivity contribution is 5.66. The van der Waals surface area contributed by atoms with E-state index in [0.29, 0.717) is 36.6 Å². The lowest BCUT2D eigenvalue weighted by Gasteiger charge is -2.17. The number of benzene rings is 1. The lowest BCUT2D eigenvalue weighted by atomic mass is 9.97. The van der Waals surface area contributed by atoms with Gasteiger partial charge >= 0.3 is 0 Å². The van der Waals surface area contributed by atoms with E-state index < -0.39 is 5.60 Å². The Morgan fingerprint density at radius 2 is 2.00 bits per heavy atom. The molecule has 1 aromatic carbocycles. The Labute approximate surface area is 93.8 Å². The Hall–Kier alpha value is -1.55. The van der Waals surface area contributed by atoms with Crippen LogP contribution in [-0.4, -0.2) is 24.6 Å². The van der Waals surface area contributed by atoms with Gasteiger partial charge in [-0.2, -0.15) is 0 Å². The molecule has 1 aliphatic rings. The van der Waals surface area contributed by atoms with Gasteiger partial charge in [0.15, 0.2) is 17.8 Å². The van der Waals surface area contributed by atoms with Crippen LogP contribution >= 0.6 is 0 Å². The third kappa shape index (κ3) is 2.02. The molecule has 2 rings (SSSR count). The minimum atomic E-state index is -1.48. The van der Waals surface area contributed by atoms with Crippen molar-refractivity contribution in [1.29, 1.82) is 0 Å². The average Bonchev–Trinajstić information content (AvgIpc) is 2.53. The summed E-state index contributed by atoms with van der Waals surface area (Å²) in [6.45, 7) is 2.65. The van der Waals surface area contributed by atoms with E-state index in [-0.39, 0.29) is 0 Å². The molecule has 1 aliphatic heterocycles. The first-order chi connectivity index (χ1) is 7.63. The van der Waals surface area contributed by atoms with Gasteiger partial charge in [0.1, 0.15) is 5.60 Å². The van der Waals surface area contributed by atoms with Crippen LogP contribution in [0.1, 0.15) is 18.9 Å². The molecule has 4 heteroatoms. The van der Waals surface area contributed by atoms with Gasteiger partial charge in [0.25, 0.3) is 0 Å². The third-order valence-electron chi connectivity index (χ3n) is 2.56. The fourth-order valence-electron chi connectivity index (χ4n) is 1.55. The van der Waals surface area contributed by atoms with Crippen LogP contribution in [0.5, 0.6) is 11.5 Å². The molecule has 1 atom stereocenters. The van der Waals surface area contributed by atoms with Crippen molar-refractivity contribution in [3.8, 4) is 11.5 Å². The Balaban J connectivity index is 2.38. The van der Waals surface area contributed by atoms with Crippen molar-refractivity contribution < 1.29 is 19.4 Å². The van der Waals surface area contributed by atoms with Crippen LogP contribution in [0.2, 0.25) is 0 Å². The van der Waals surface area contributed by atoms with Crippen LogP contribution in [0.25, 0.3) is 0 Å². The van der Waals surface area contributed by atoms with E-state index >= 15 is 0 Å². The van der Waals surface area contributed by atoms with Gasteiger partial charge in [-0.25, -0.2) is 0 Å². The largest absolute Gasteiger partial charge is 0.490 e. The maximum atomic E-state index is 10.7. The van der Waals surface area contributed by atoms with Gasteiger partial charge < -0.3 is 14.6 Å². The molecular formula is C12H14O4. The Morgan fingerprint density at radius 3 is 2.69 bits per heavy atom. The van der Waals surface area contributed by atoms with Crippen LogP contribution in [0.4, 0.5) is 0 Å². The van der Waals surface area contributed by atoms with Crippen molar-refractivity contribution in [2.75, 3.05) is 13.2 Å². The summed E-state index contributed by atoms with van der Waals surface area (Å²) in [5.74, 6) is 1.24. The summed E-state index contributed by atoms with van der Waals surface area (Å²) in [5, 5.41) is 9.80. The molecule has 0 amide bonds. The molecule has 1 heterocycles. The quantitative estimate of drug-likeness (QED) is 0.765. The first-order valence-corrected chi connectivity index (χ1v) is 5.22. The highest BCUT2D eigenvalue weighted by Gasteiger charge is 2.24. The minimum Gasteiger partial charge on any atom is -0.490 e. The normalized spacial score (nSPS) is 18.4. The van der Waals surface area contributed by atoms with Gasteiger partial charge in [0.2, 0.25) is 0 Å². The lowest BCUT2D eigenvalue weighted by molar-refractivity contribution is -0.123. The second kappa shape index (κ2) is 4.14. The van der Waals surface area contributed by atoms with Gasteiger partial charge in [-0.15, -0.1) is 0 Å². The summed E-state index contributed by atoms with van der Waals surface area (Å²) in [7, 11) is 0. The summed E-state index contributed by atoms with van der Waals surface area (Å²) in [5.41, 5.74) is -0.975. The van der Waals surface area contributed by atoms with Crippen molar-refractivity contribution >= 4 is 6.29 Å². The van der Waals surface area contributed by atoms with Crippen molar-refractivity contribution in [1.82, 2.24) is 0 Å². The first-order valence-electron chi connectivity index (χ1n) is 5.22. The predicted molar refractivity (Wildman–Crippen MR) is 57.7 cm³/mol. The van der Waals surface area contributed by atoms with E-state index in [2.05, 4.69) is 0 Å². The molecule has 0 bridgehead atoms. The van der Waals surface area contributed by atoms with Gasteiger partial charge in [0.05, 0.1) is 13.2 Å². The molecule has 0 aliphatic carbocycles. The molecule has 0 saturated heterocycles. The topological polar surface area (TPSA) is 55.8 Å². The summed E-state index contributed by atoms with van der Waals surface area (Å²) >= 11 is 0. The number of rotatable bonds is 2. The highest BCUT2D eigenvalue weighted by Crippen LogP contribution is 2.33. The van der Waals surface area contributed by atoms with Crippen LogP contribution in [0, 0.1) is 0 Å². The molecule has 16 heavy (non-hydrogen) atoms. The standard InChI is InChI=1S/C12H14O4/c1-12(14,8-13)9-3-4-10-11(7-9)16-6-2-5-15-10/h3-4,7-8,14H,2,5-6H2,1H3. The summed E-state index contributed by atoms with van der Waals surface area (Å²) in [4.78, 5) is 10.7. The number of fused-ring (bicyclic) bond motifs is 1. The second-order valence-corrected chi connectivity index (χ2v) is 3.98. The van der Waals surface area contributed by atoms with E-state index in [9.17, 15) is 9.90 Å². The summed E-state index contributed by atoms with van der Waals surface area (Å²) < 4.78 is 10.9. The lowest BCUT2D eigenvalue weighted by Crippen LogP contribution is -2.22. The number of hydrogen-bond donors (Lipinski definition) is 1. The Morgan fingerprint density at radius 1 is 1.31 bits per heavy atom. The molecule has 0 aromatic heterocycles. The number of aliphatic hydroxyl groups is 1. The number of carbonyl (C=O) groups excluding carboxylic acids is 1. The number of hydrogen-bond acceptors (Lipinski definition) is 4. The zero-order valence-corrected chi connectivity index (χ0v) is 9.10. The Bertz CT molecular complexity index is 398. The molecule has 0 fully saturated rings. The van der Waals surface area contributed by atoms with Crippen molar-refractivity contribution in [3.05, 3.63) is 23.8 Å². The molecule has 4 nitrogen and oxygen atoms in total. The molecule has 0 spiro atoms. The minimum absolute atomic E-state index is 0.506. The van der Waals surface area contributed by atoms with E-state index in [4.69, 9.17) is 9.47 Å². The molecule has 1 aromatic rings. The van der Waals surface area contributed by atoms with Gasteiger partial charge in [-0.1, -0.05) is 6.07 Å². The SMILES string of the molecule is CC(O)(C=O)c1ccc2c(c1)OCCCO2. The molecular weight excluding hydrogens is 208 g/mol. The number of aldehydes is 1. The fraction of sp³-hybridized carbons (Fsp3) is 0.417. The van der Waals surface area contributed by atoms with Crippen LogP contribution < -0.4 is 9.47 Å². The first kappa shape index (κ1) is 11.0. The predicted octanol–water partition coefficient (Wildman–Crippen LogP) is 1.25. The van der Waals surface area contributed by atoms with Crippen molar-refractivity contribution in [3.63, 3.8) is 0 Å². The van der Waals surface area contributed by atoms with Crippen LogP contribution in [0.15, 0.2) is 18.2 Å². The number of ether oxygens (including phenoxy) is 2. The maximum Gasteiger partial charge on any atom is 0.161 e. The summed E-state index contributed by atoms with van der Waals surface area (Å²) in [6, 6.07) is 5.03. The zero-order valence-electron chi connectivity index (χ0n) is 9.10. The fourth-order valence-corrected chi connectivity index (χ4v) is 1.55. The second-order valence-electron chi connectivity index (χ2n) is 3.98. The third-order valence-corrected chi connectivity index (χ3v) is 2.56. The molecule has 1 unspecified atom stereocenters. The smallest absolute Gasteiger partial charge is 0.161 e. The average molecular weight is 222 g/mol. The van der Waals surface area contributed by atoms with E-state index in [1.54, 1.807) is 18.2 Å². The van der Waals surface area contributed by atoms with Crippen molar-refractivity contribution in [2.24, 2.45) is 0 Å². The van der Waals surface area contributed by atoms with Gasteiger partial charge in [0, 0.05) is 6.42 Å². The molecule has 0 radical (unpaired) electrons. The Kier molecular flexibility index (Phi) is 2.83. The monoisotopic (exact) mass is 222 g/mol. The molecule has 1 N–H and O–H groups in total. The van der Waals surface area contributed by atoms with Gasteiger partial charge in [-0.05, 0) is 24.6 Å². The maximum absolute atomic E-state index is 10.7. The highest BCUT2D eigenvalue weighted by atomic mass is 16.5. The van der Waals surface area contributed by atoms with E-state index in [0.717, 1.165) is 6.42 Å². The molecule has 86 valence electrons. The zero-order chi connectivity index (χ0) is 11.6. The van der Waals surface area contributed by atoms with Crippen LogP contribution in [0.3, 0.4) is 0 Å². The molecule has 0 saturated carbocycles. The van der Waals surface area contributed by atoms with E-state index in [1.807, 2.05) is 0 Å². The van der Waals surface area contributed by atoms with E-state index in [1.165, 1.54) is 6.92 Å². The summed E-state index contributed by atoms with van der Waals surface area (Å²) in [6.07, 6.45) is 1.33. The van der Waals surface area contributed by atoms with Gasteiger partial charge in [-0.3, -0.25) is 4.79 Å². The van der Waals surface area contributed by atoms with Crippen molar-refractivity contribution in [2.45, 2.75) is 18.9 Å².